The van der Waals surface area contributed by atoms with Gasteiger partial charge in [0.1, 0.15) is 11.6 Å². The second-order valence-corrected chi connectivity index (χ2v) is 8.96. The van der Waals surface area contributed by atoms with Gasteiger partial charge in [-0.2, -0.15) is 0 Å². The van der Waals surface area contributed by atoms with E-state index in [0.29, 0.717) is 5.56 Å². The third kappa shape index (κ3) is 7.74. The van der Waals surface area contributed by atoms with Crippen molar-refractivity contribution in [3.05, 3.63) is 78.1 Å². The van der Waals surface area contributed by atoms with Crippen LogP contribution in [0.2, 0.25) is 0 Å². The van der Waals surface area contributed by atoms with Crippen molar-refractivity contribution in [2.45, 2.75) is 78.1 Å². The summed E-state index contributed by atoms with van der Waals surface area (Å²) >= 11 is 0. The van der Waals surface area contributed by atoms with Crippen molar-refractivity contribution < 1.29 is 9.13 Å². The number of rotatable bonds is 14. The van der Waals surface area contributed by atoms with Gasteiger partial charge < -0.3 is 4.74 Å². The molecule has 3 aromatic carbocycles. The number of unbranched alkanes of at least 4 members (excludes halogenated alkanes) is 7. The van der Waals surface area contributed by atoms with E-state index >= 15 is 4.39 Å². The van der Waals surface area contributed by atoms with E-state index in [-0.39, 0.29) is 5.82 Å². The van der Waals surface area contributed by atoms with Crippen molar-refractivity contribution in [1.29, 1.82) is 0 Å². The Morgan fingerprint density at radius 2 is 1.30 bits per heavy atom. The Balaban J connectivity index is 1.65. The molecule has 0 atom stereocenters. The Labute approximate surface area is 200 Å². The van der Waals surface area contributed by atoms with Gasteiger partial charge in [0.25, 0.3) is 0 Å². The van der Waals surface area contributed by atoms with Crippen molar-refractivity contribution >= 4 is 0 Å². The fraction of sp³-hybridized carbons (Fsp3) is 0.419. The number of hydrogen-bond donors (Lipinski definition) is 0. The van der Waals surface area contributed by atoms with Crippen LogP contribution in [0.4, 0.5) is 4.39 Å². The zero-order valence-corrected chi connectivity index (χ0v) is 20.4. The molecule has 2 heteroatoms. The standard InChI is InChI=1S/C31H39FO/c1-3-5-7-8-9-13-23-33-27-20-18-26(19-21-27)28-15-11-12-16-29(28)30-22-17-25(24-31(30)32)14-10-6-4-2/h11-12,15-22,24H,3-10,13-14,23H2,1-2H3. The topological polar surface area (TPSA) is 9.23 Å². The minimum Gasteiger partial charge on any atom is -0.494 e. The maximum atomic E-state index is 15.1. The summed E-state index contributed by atoms with van der Waals surface area (Å²) < 4.78 is 21.0. The van der Waals surface area contributed by atoms with E-state index in [2.05, 4.69) is 38.1 Å². The predicted molar refractivity (Wildman–Crippen MR) is 139 cm³/mol. The molecule has 33 heavy (non-hydrogen) atoms. The first-order chi connectivity index (χ1) is 16.2. The van der Waals surface area contributed by atoms with Gasteiger partial charge in [-0.1, -0.05) is 107 Å². The molecule has 3 rings (SSSR count). The summed E-state index contributed by atoms with van der Waals surface area (Å²) in [6, 6.07) is 22.0. The van der Waals surface area contributed by atoms with Crippen LogP contribution in [-0.2, 0) is 6.42 Å². The van der Waals surface area contributed by atoms with Crippen molar-refractivity contribution in [3.63, 3.8) is 0 Å². The highest BCUT2D eigenvalue weighted by molar-refractivity contribution is 5.83. The summed E-state index contributed by atoms with van der Waals surface area (Å²) in [6.07, 6.45) is 12.0. The van der Waals surface area contributed by atoms with Gasteiger partial charge >= 0.3 is 0 Å². The molecule has 0 fully saturated rings. The molecule has 0 amide bonds. The number of halogens is 1. The second-order valence-electron chi connectivity index (χ2n) is 8.96. The van der Waals surface area contributed by atoms with E-state index < -0.39 is 0 Å². The summed E-state index contributed by atoms with van der Waals surface area (Å²) in [6.45, 7) is 5.19. The highest BCUT2D eigenvalue weighted by Gasteiger charge is 2.12. The van der Waals surface area contributed by atoms with Crippen molar-refractivity contribution in [3.8, 4) is 28.0 Å². The van der Waals surface area contributed by atoms with Gasteiger partial charge in [0, 0.05) is 5.56 Å². The highest BCUT2D eigenvalue weighted by atomic mass is 19.1. The molecule has 0 aliphatic heterocycles. The lowest BCUT2D eigenvalue weighted by Gasteiger charge is -2.13. The second kappa shape index (κ2) is 13.8. The SMILES string of the molecule is CCCCCCCCOc1ccc(-c2ccccc2-c2ccc(CCCCC)cc2F)cc1. The van der Waals surface area contributed by atoms with Crippen LogP contribution in [0.5, 0.6) is 5.75 Å². The van der Waals surface area contributed by atoms with Crippen LogP contribution < -0.4 is 4.74 Å². The number of benzene rings is 3. The lowest BCUT2D eigenvalue weighted by atomic mass is 9.93. The first kappa shape index (κ1) is 25.0. The smallest absolute Gasteiger partial charge is 0.131 e. The van der Waals surface area contributed by atoms with Gasteiger partial charge in [0.15, 0.2) is 0 Å². The van der Waals surface area contributed by atoms with Crippen LogP contribution in [0.1, 0.15) is 77.2 Å². The molecule has 0 aliphatic rings. The maximum absolute atomic E-state index is 15.1. The quantitative estimate of drug-likeness (QED) is 0.224. The lowest BCUT2D eigenvalue weighted by Crippen LogP contribution is -1.97. The van der Waals surface area contributed by atoms with E-state index in [4.69, 9.17) is 4.74 Å². The van der Waals surface area contributed by atoms with E-state index in [1.54, 1.807) is 6.07 Å². The maximum Gasteiger partial charge on any atom is 0.131 e. The Kier molecular flexibility index (Phi) is 10.5. The lowest BCUT2D eigenvalue weighted by molar-refractivity contribution is 0.304. The first-order valence-electron chi connectivity index (χ1n) is 12.8. The van der Waals surface area contributed by atoms with Gasteiger partial charge in [0.2, 0.25) is 0 Å². The summed E-state index contributed by atoms with van der Waals surface area (Å²) in [4.78, 5) is 0. The van der Waals surface area contributed by atoms with Crippen molar-refractivity contribution in [2.75, 3.05) is 6.61 Å². The van der Waals surface area contributed by atoms with Crippen LogP contribution in [-0.4, -0.2) is 6.61 Å². The minimum atomic E-state index is -0.143. The fourth-order valence-electron chi connectivity index (χ4n) is 4.28. The van der Waals surface area contributed by atoms with Crippen LogP contribution in [0.3, 0.4) is 0 Å². The van der Waals surface area contributed by atoms with Gasteiger partial charge in [-0.3, -0.25) is 0 Å². The molecule has 0 bridgehead atoms. The molecule has 0 spiro atoms. The third-order valence-electron chi connectivity index (χ3n) is 6.25. The third-order valence-corrected chi connectivity index (χ3v) is 6.25. The monoisotopic (exact) mass is 446 g/mol. The molecular formula is C31H39FO. The molecule has 0 aromatic heterocycles. The molecule has 0 aliphatic carbocycles. The molecule has 0 saturated carbocycles. The Bertz CT molecular complexity index is 961. The number of hydrogen-bond acceptors (Lipinski definition) is 1. The van der Waals surface area contributed by atoms with E-state index in [9.17, 15) is 0 Å². The zero-order chi connectivity index (χ0) is 23.3. The van der Waals surface area contributed by atoms with Crippen LogP contribution >= 0.6 is 0 Å². The molecule has 3 aromatic rings. The van der Waals surface area contributed by atoms with E-state index in [0.717, 1.165) is 53.9 Å². The van der Waals surface area contributed by atoms with Crippen LogP contribution in [0.15, 0.2) is 66.7 Å². The van der Waals surface area contributed by atoms with Crippen LogP contribution in [0.25, 0.3) is 22.3 Å². The molecular weight excluding hydrogens is 407 g/mol. The van der Waals surface area contributed by atoms with Gasteiger partial charge in [-0.25, -0.2) is 4.39 Å². The zero-order valence-electron chi connectivity index (χ0n) is 20.4. The predicted octanol–water partition coefficient (Wildman–Crippen LogP) is 9.63. The average molecular weight is 447 g/mol. The molecule has 0 radical (unpaired) electrons. The molecule has 0 saturated heterocycles. The number of aryl methyl sites for hydroxylation is 1. The van der Waals surface area contributed by atoms with Gasteiger partial charge in [-0.05, 0) is 59.7 Å². The molecule has 1 nitrogen and oxygen atoms in total. The Morgan fingerprint density at radius 1 is 0.636 bits per heavy atom. The summed E-state index contributed by atoms with van der Waals surface area (Å²) in [5.41, 5.74) is 4.78. The Morgan fingerprint density at radius 3 is 2.03 bits per heavy atom. The molecule has 0 unspecified atom stereocenters. The summed E-state index contributed by atoms with van der Waals surface area (Å²) in [5, 5.41) is 0. The average Bonchev–Trinajstić information content (AvgIpc) is 2.84. The molecule has 0 N–H and O–H groups in total. The number of ether oxygens (including phenoxy) is 1. The first-order valence-corrected chi connectivity index (χ1v) is 12.8. The Hall–Kier alpha value is -2.61. The molecule has 176 valence electrons. The fourth-order valence-corrected chi connectivity index (χ4v) is 4.28. The van der Waals surface area contributed by atoms with Gasteiger partial charge in [-0.15, -0.1) is 0 Å². The highest BCUT2D eigenvalue weighted by Crippen LogP contribution is 2.34. The summed E-state index contributed by atoms with van der Waals surface area (Å²) in [7, 11) is 0. The van der Waals surface area contributed by atoms with E-state index in [1.807, 2.05) is 36.4 Å². The van der Waals surface area contributed by atoms with Crippen molar-refractivity contribution in [2.24, 2.45) is 0 Å². The van der Waals surface area contributed by atoms with Crippen LogP contribution in [0, 0.1) is 5.82 Å². The molecule has 0 heterocycles. The normalized spacial score (nSPS) is 11.0. The van der Waals surface area contributed by atoms with E-state index in [1.165, 1.54) is 44.9 Å². The summed E-state index contributed by atoms with van der Waals surface area (Å²) in [5.74, 6) is 0.753. The largest absolute Gasteiger partial charge is 0.494 e. The minimum absolute atomic E-state index is 0.143. The van der Waals surface area contributed by atoms with Crippen molar-refractivity contribution in [1.82, 2.24) is 0 Å². The van der Waals surface area contributed by atoms with Gasteiger partial charge in [0.05, 0.1) is 6.61 Å².